The van der Waals surface area contributed by atoms with E-state index >= 15 is 0 Å². The van der Waals surface area contributed by atoms with Gasteiger partial charge in [-0.05, 0) is 38.3 Å². The van der Waals surface area contributed by atoms with Crippen LogP contribution in [0.4, 0.5) is 0 Å². The average molecular weight is 287 g/mol. The Morgan fingerprint density at radius 1 is 1.29 bits per heavy atom. The molecule has 0 N–H and O–H groups in total. The number of aryl methyl sites for hydroxylation is 1. The Kier molecular flexibility index (Phi) is 5.14. The van der Waals surface area contributed by atoms with Crippen LogP contribution in [-0.2, 0) is 14.3 Å². The minimum atomic E-state index is -0.346. The third kappa shape index (κ3) is 4.74. The largest absolute Gasteiger partial charge is 0.465 e. The second-order valence-electron chi connectivity index (χ2n) is 5.25. The molecule has 0 heterocycles. The first-order chi connectivity index (χ1) is 10.1. The zero-order valence-corrected chi connectivity index (χ0v) is 12.5. The Morgan fingerprint density at radius 2 is 1.95 bits per heavy atom. The Hall–Kier alpha value is -2.10. The van der Waals surface area contributed by atoms with Crippen molar-refractivity contribution < 1.29 is 14.3 Å². The maximum absolute atomic E-state index is 12.2. The predicted octanol–water partition coefficient (Wildman–Crippen LogP) is 2.56. The lowest BCUT2D eigenvalue weighted by Gasteiger charge is -2.19. The van der Waals surface area contributed by atoms with Crippen molar-refractivity contribution in [1.29, 1.82) is 0 Å². The molecule has 0 spiro atoms. The third-order valence-electron chi connectivity index (χ3n) is 3.37. The van der Waals surface area contributed by atoms with Gasteiger partial charge >= 0.3 is 5.97 Å². The first kappa shape index (κ1) is 15.3. The average Bonchev–Trinajstić information content (AvgIpc) is 3.29. The molecule has 0 radical (unpaired) electrons. The molecule has 0 bridgehead atoms. The van der Waals surface area contributed by atoms with Crippen molar-refractivity contribution in [2.45, 2.75) is 32.7 Å². The zero-order chi connectivity index (χ0) is 15.2. The fourth-order valence-electron chi connectivity index (χ4n) is 2.06. The Balaban J connectivity index is 1.98. The van der Waals surface area contributed by atoms with Gasteiger partial charge in [-0.25, -0.2) is 0 Å². The van der Waals surface area contributed by atoms with Crippen molar-refractivity contribution in [3.05, 3.63) is 41.5 Å². The number of nitrogens with zero attached hydrogens (tertiary/aromatic N) is 1. The lowest BCUT2D eigenvalue weighted by molar-refractivity contribution is -0.148. The van der Waals surface area contributed by atoms with Gasteiger partial charge < -0.3 is 9.64 Å². The summed E-state index contributed by atoms with van der Waals surface area (Å²) in [6, 6.07) is 8.12. The summed E-state index contributed by atoms with van der Waals surface area (Å²) < 4.78 is 4.92. The molecule has 1 aromatic carbocycles. The van der Waals surface area contributed by atoms with E-state index in [0.29, 0.717) is 6.61 Å². The van der Waals surface area contributed by atoms with Gasteiger partial charge in [0.15, 0.2) is 0 Å². The van der Waals surface area contributed by atoms with Crippen molar-refractivity contribution in [2.24, 2.45) is 0 Å². The molecule has 112 valence electrons. The number of benzene rings is 1. The second kappa shape index (κ2) is 7.07. The van der Waals surface area contributed by atoms with E-state index in [-0.39, 0.29) is 24.5 Å². The monoisotopic (exact) mass is 287 g/mol. The van der Waals surface area contributed by atoms with Crippen molar-refractivity contribution in [3.8, 4) is 0 Å². The van der Waals surface area contributed by atoms with Gasteiger partial charge in [-0.2, -0.15) is 0 Å². The summed E-state index contributed by atoms with van der Waals surface area (Å²) in [6.07, 6.45) is 5.23. The molecule has 1 aliphatic carbocycles. The van der Waals surface area contributed by atoms with Crippen LogP contribution in [0.1, 0.15) is 30.9 Å². The standard InChI is InChI=1S/C17H21NO3/c1-3-21-17(20)12-18(15-9-10-15)16(19)11-8-14-6-4-13(2)5-7-14/h4-8,11,15H,3,9-10,12H2,1-2H3. The highest BCUT2D eigenvalue weighted by atomic mass is 16.5. The van der Waals surface area contributed by atoms with Crippen LogP contribution in [0.3, 0.4) is 0 Å². The molecule has 21 heavy (non-hydrogen) atoms. The van der Waals surface area contributed by atoms with E-state index < -0.39 is 0 Å². The van der Waals surface area contributed by atoms with Crippen LogP contribution < -0.4 is 0 Å². The number of amides is 1. The summed E-state index contributed by atoms with van der Waals surface area (Å²) in [4.78, 5) is 25.4. The van der Waals surface area contributed by atoms with Gasteiger partial charge in [0, 0.05) is 12.1 Å². The van der Waals surface area contributed by atoms with Crippen molar-refractivity contribution in [3.63, 3.8) is 0 Å². The van der Waals surface area contributed by atoms with Crippen LogP contribution in [0, 0.1) is 6.92 Å². The molecular formula is C17H21NO3. The van der Waals surface area contributed by atoms with E-state index in [9.17, 15) is 9.59 Å². The van der Waals surface area contributed by atoms with E-state index in [1.54, 1.807) is 17.9 Å². The summed E-state index contributed by atoms with van der Waals surface area (Å²) >= 11 is 0. The van der Waals surface area contributed by atoms with Crippen LogP contribution in [0.15, 0.2) is 30.3 Å². The van der Waals surface area contributed by atoms with E-state index in [1.807, 2.05) is 31.2 Å². The van der Waals surface area contributed by atoms with Gasteiger partial charge in [0.05, 0.1) is 6.61 Å². The number of ether oxygens (including phenoxy) is 1. The molecule has 2 rings (SSSR count). The van der Waals surface area contributed by atoms with Gasteiger partial charge in [-0.3, -0.25) is 9.59 Å². The highest BCUT2D eigenvalue weighted by Crippen LogP contribution is 2.27. The first-order valence-corrected chi connectivity index (χ1v) is 7.31. The quantitative estimate of drug-likeness (QED) is 0.597. The molecule has 1 fully saturated rings. The van der Waals surface area contributed by atoms with E-state index in [2.05, 4.69) is 0 Å². The molecule has 0 aromatic heterocycles. The van der Waals surface area contributed by atoms with Crippen LogP contribution in [0.5, 0.6) is 0 Å². The molecular weight excluding hydrogens is 266 g/mol. The highest BCUT2D eigenvalue weighted by molar-refractivity contribution is 5.94. The molecule has 1 aliphatic rings. The fourth-order valence-corrected chi connectivity index (χ4v) is 2.06. The number of hydrogen-bond acceptors (Lipinski definition) is 3. The van der Waals surface area contributed by atoms with Gasteiger partial charge in [-0.1, -0.05) is 29.8 Å². The highest BCUT2D eigenvalue weighted by Gasteiger charge is 2.33. The minimum absolute atomic E-state index is 0.0373. The fraction of sp³-hybridized carbons (Fsp3) is 0.412. The second-order valence-corrected chi connectivity index (χ2v) is 5.25. The number of esters is 1. The number of rotatable bonds is 6. The van der Waals surface area contributed by atoms with Crippen LogP contribution in [-0.4, -0.2) is 36.0 Å². The summed E-state index contributed by atoms with van der Waals surface area (Å²) in [7, 11) is 0. The topological polar surface area (TPSA) is 46.6 Å². The molecule has 4 nitrogen and oxygen atoms in total. The summed E-state index contributed by atoms with van der Waals surface area (Å²) in [5.74, 6) is -0.479. The van der Waals surface area contributed by atoms with Crippen LogP contribution in [0.25, 0.3) is 6.08 Å². The summed E-state index contributed by atoms with van der Waals surface area (Å²) in [6.45, 7) is 4.16. The van der Waals surface area contributed by atoms with E-state index in [1.165, 1.54) is 11.6 Å². The molecule has 0 aliphatic heterocycles. The predicted molar refractivity (Wildman–Crippen MR) is 81.6 cm³/mol. The van der Waals surface area contributed by atoms with Crippen LogP contribution >= 0.6 is 0 Å². The van der Waals surface area contributed by atoms with Gasteiger partial charge in [0.1, 0.15) is 6.54 Å². The first-order valence-electron chi connectivity index (χ1n) is 7.31. The van der Waals surface area contributed by atoms with E-state index in [0.717, 1.165) is 18.4 Å². The number of hydrogen-bond donors (Lipinski definition) is 0. The third-order valence-corrected chi connectivity index (χ3v) is 3.37. The molecule has 0 unspecified atom stereocenters. The summed E-state index contributed by atoms with van der Waals surface area (Å²) in [5, 5.41) is 0. The minimum Gasteiger partial charge on any atom is -0.465 e. The molecule has 1 aromatic rings. The maximum Gasteiger partial charge on any atom is 0.325 e. The molecule has 4 heteroatoms. The molecule has 1 amide bonds. The number of carbonyl (C=O) groups excluding carboxylic acids is 2. The van der Waals surface area contributed by atoms with Crippen molar-refractivity contribution in [1.82, 2.24) is 4.90 Å². The van der Waals surface area contributed by atoms with Crippen molar-refractivity contribution in [2.75, 3.05) is 13.2 Å². The molecule has 0 saturated heterocycles. The lowest BCUT2D eigenvalue weighted by Crippen LogP contribution is -2.37. The Labute approximate surface area is 125 Å². The van der Waals surface area contributed by atoms with Crippen molar-refractivity contribution >= 4 is 18.0 Å². The SMILES string of the molecule is CCOC(=O)CN(C(=O)C=Cc1ccc(C)cc1)C1CC1. The van der Waals surface area contributed by atoms with Crippen LogP contribution in [0.2, 0.25) is 0 Å². The molecule has 0 atom stereocenters. The van der Waals surface area contributed by atoms with E-state index in [4.69, 9.17) is 4.74 Å². The molecule has 1 saturated carbocycles. The van der Waals surface area contributed by atoms with Gasteiger partial charge in [0.25, 0.3) is 0 Å². The Bertz CT molecular complexity index is 529. The smallest absolute Gasteiger partial charge is 0.325 e. The summed E-state index contributed by atoms with van der Waals surface area (Å²) in [5.41, 5.74) is 2.15. The zero-order valence-electron chi connectivity index (χ0n) is 12.5. The number of carbonyl (C=O) groups is 2. The Morgan fingerprint density at radius 3 is 2.52 bits per heavy atom. The lowest BCUT2D eigenvalue weighted by atomic mass is 10.1. The van der Waals surface area contributed by atoms with Gasteiger partial charge in [0.2, 0.25) is 5.91 Å². The normalized spacial score (nSPS) is 14.2. The van der Waals surface area contributed by atoms with Gasteiger partial charge in [-0.15, -0.1) is 0 Å². The maximum atomic E-state index is 12.2.